The molecule has 3 N–H and O–H groups in total. The van der Waals surface area contributed by atoms with Crippen molar-refractivity contribution in [2.75, 3.05) is 5.32 Å². The summed E-state index contributed by atoms with van der Waals surface area (Å²) in [5, 5.41) is 2.92. The van der Waals surface area contributed by atoms with Crippen molar-refractivity contribution in [3.63, 3.8) is 0 Å². The SMILES string of the molecule is Cl.Cl.N[C@@H]1CCC[C@H]1CC(=O)Nc1ccc(Oc2ccncc2)cc1. The van der Waals surface area contributed by atoms with Gasteiger partial charge in [-0.1, -0.05) is 6.42 Å². The molecule has 25 heavy (non-hydrogen) atoms. The molecule has 0 radical (unpaired) electrons. The molecule has 1 fully saturated rings. The first-order valence-electron chi connectivity index (χ1n) is 7.94. The van der Waals surface area contributed by atoms with Crippen molar-refractivity contribution in [1.29, 1.82) is 0 Å². The van der Waals surface area contributed by atoms with E-state index in [0.29, 0.717) is 18.1 Å². The number of amides is 1. The number of rotatable bonds is 5. The third-order valence-corrected chi connectivity index (χ3v) is 4.19. The van der Waals surface area contributed by atoms with Crippen LogP contribution in [0.15, 0.2) is 48.8 Å². The van der Waals surface area contributed by atoms with Crippen LogP contribution in [0, 0.1) is 5.92 Å². The van der Waals surface area contributed by atoms with Crippen LogP contribution in [0.1, 0.15) is 25.7 Å². The Kier molecular flexibility index (Phi) is 8.69. The molecule has 2 atom stereocenters. The van der Waals surface area contributed by atoms with Crippen LogP contribution in [0.3, 0.4) is 0 Å². The van der Waals surface area contributed by atoms with Crippen LogP contribution in [-0.4, -0.2) is 16.9 Å². The Labute approximate surface area is 160 Å². The number of nitrogens with two attached hydrogens (primary N) is 1. The van der Waals surface area contributed by atoms with E-state index in [1.54, 1.807) is 24.5 Å². The highest BCUT2D eigenvalue weighted by Gasteiger charge is 2.25. The van der Waals surface area contributed by atoms with Gasteiger partial charge < -0.3 is 15.8 Å². The lowest BCUT2D eigenvalue weighted by molar-refractivity contribution is -0.117. The Morgan fingerprint density at radius 1 is 1.08 bits per heavy atom. The third-order valence-electron chi connectivity index (χ3n) is 4.19. The van der Waals surface area contributed by atoms with Crippen molar-refractivity contribution in [3.8, 4) is 11.5 Å². The summed E-state index contributed by atoms with van der Waals surface area (Å²) in [6.45, 7) is 0. The monoisotopic (exact) mass is 383 g/mol. The van der Waals surface area contributed by atoms with Crippen LogP contribution in [0.4, 0.5) is 5.69 Å². The van der Waals surface area contributed by atoms with Crippen molar-refractivity contribution in [2.24, 2.45) is 11.7 Å². The second-order valence-electron chi connectivity index (χ2n) is 5.92. The van der Waals surface area contributed by atoms with Gasteiger partial charge in [-0.15, -0.1) is 24.8 Å². The van der Waals surface area contributed by atoms with Crippen LogP contribution in [0.5, 0.6) is 11.5 Å². The zero-order chi connectivity index (χ0) is 16.1. The number of carbonyl (C=O) groups is 1. The minimum Gasteiger partial charge on any atom is -0.457 e. The molecule has 1 heterocycles. The number of aromatic nitrogens is 1. The first kappa shape index (κ1) is 21.2. The summed E-state index contributed by atoms with van der Waals surface area (Å²) in [5.41, 5.74) is 6.78. The van der Waals surface area contributed by atoms with Crippen LogP contribution in [0.2, 0.25) is 0 Å². The lowest BCUT2D eigenvalue weighted by Crippen LogP contribution is -2.28. The molecule has 1 aliphatic carbocycles. The summed E-state index contributed by atoms with van der Waals surface area (Å²) in [6.07, 6.45) is 7.05. The van der Waals surface area contributed by atoms with Crippen molar-refractivity contribution >= 4 is 36.4 Å². The van der Waals surface area contributed by atoms with Gasteiger partial charge in [0.15, 0.2) is 0 Å². The largest absolute Gasteiger partial charge is 0.457 e. The van der Waals surface area contributed by atoms with Gasteiger partial charge >= 0.3 is 0 Å². The lowest BCUT2D eigenvalue weighted by Gasteiger charge is -2.15. The number of anilines is 1. The zero-order valence-corrected chi connectivity index (χ0v) is 15.4. The fourth-order valence-corrected chi connectivity index (χ4v) is 2.92. The van der Waals surface area contributed by atoms with Crippen molar-refractivity contribution in [1.82, 2.24) is 4.98 Å². The summed E-state index contributed by atoms with van der Waals surface area (Å²) in [6, 6.07) is 11.1. The van der Waals surface area contributed by atoms with Gasteiger partial charge in [-0.2, -0.15) is 0 Å². The summed E-state index contributed by atoms with van der Waals surface area (Å²) in [7, 11) is 0. The number of ether oxygens (including phenoxy) is 1. The number of carbonyl (C=O) groups excluding carboxylic acids is 1. The van der Waals surface area contributed by atoms with E-state index in [2.05, 4.69) is 10.3 Å². The minimum atomic E-state index is 0. The maximum Gasteiger partial charge on any atom is 0.224 e. The average molecular weight is 384 g/mol. The Hall–Kier alpha value is -1.82. The van der Waals surface area contributed by atoms with E-state index in [-0.39, 0.29) is 36.8 Å². The topological polar surface area (TPSA) is 77.2 Å². The summed E-state index contributed by atoms with van der Waals surface area (Å²) in [4.78, 5) is 16.0. The van der Waals surface area contributed by atoms with Crippen LogP contribution in [0.25, 0.3) is 0 Å². The summed E-state index contributed by atoms with van der Waals surface area (Å²) >= 11 is 0. The molecular weight excluding hydrogens is 361 g/mol. The smallest absolute Gasteiger partial charge is 0.224 e. The van der Waals surface area contributed by atoms with E-state index in [0.717, 1.165) is 30.7 Å². The van der Waals surface area contributed by atoms with E-state index in [1.165, 1.54) is 0 Å². The molecule has 0 spiro atoms. The summed E-state index contributed by atoms with van der Waals surface area (Å²) < 4.78 is 5.69. The van der Waals surface area contributed by atoms with E-state index >= 15 is 0 Å². The number of halogens is 2. The molecule has 1 aromatic heterocycles. The summed E-state index contributed by atoms with van der Waals surface area (Å²) in [5.74, 6) is 1.78. The molecule has 1 aliphatic rings. The maximum absolute atomic E-state index is 12.1. The molecular formula is C18H23Cl2N3O2. The van der Waals surface area contributed by atoms with Gasteiger partial charge in [0.1, 0.15) is 11.5 Å². The number of benzene rings is 1. The predicted octanol–water partition coefficient (Wildman–Crippen LogP) is 4.17. The van der Waals surface area contributed by atoms with Gasteiger partial charge in [-0.25, -0.2) is 0 Å². The minimum absolute atomic E-state index is 0. The Bertz CT molecular complexity index is 653. The van der Waals surface area contributed by atoms with E-state index in [4.69, 9.17) is 10.5 Å². The molecule has 0 aliphatic heterocycles. The van der Waals surface area contributed by atoms with E-state index in [9.17, 15) is 4.79 Å². The number of hydrogen-bond donors (Lipinski definition) is 2. The molecule has 0 bridgehead atoms. The van der Waals surface area contributed by atoms with Crippen LogP contribution in [-0.2, 0) is 4.79 Å². The fourth-order valence-electron chi connectivity index (χ4n) is 2.92. The van der Waals surface area contributed by atoms with Gasteiger partial charge in [0.25, 0.3) is 0 Å². The second kappa shape index (κ2) is 10.2. The van der Waals surface area contributed by atoms with E-state index in [1.807, 2.05) is 24.3 Å². The second-order valence-corrected chi connectivity index (χ2v) is 5.92. The molecule has 1 amide bonds. The highest BCUT2D eigenvalue weighted by Crippen LogP contribution is 2.27. The van der Waals surface area contributed by atoms with E-state index < -0.39 is 0 Å². The van der Waals surface area contributed by atoms with Gasteiger partial charge in [0, 0.05) is 30.5 Å². The third kappa shape index (κ3) is 6.20. The molecule has 5 nitrogen and oxygen atoms in total. The van der Waals surface area contributed by atoms with Gasteiger partial charge in [0.05, 0.1) is 0 Å². The highest BCUT2D eigenvalue weighted by molar-refractivity contribution is 5.91. The van der Waals surface area contributed by atoms with Crippen LogP contribution >= 0.6 is 24.8 Å². The number of hydrogen-bond acceptors (Lipinski definition) is 4. The molecule has 7 heteroatoms. The number of nitrogens with zero attached hydrogens (tertiary/aromatic N) is 1. The van der Waals surface area contributed by atoms with Crippen molar-refractivity contribution < 1.29 is 9.53 Å². The molecule has 3 rings (SSSR count). The average Bonchev–Trinajstić information content (AvgIpc) is 2.95. The standard InChI is InChI=1S/C18H21N3O2.2ClH/c19-17-3-1-2-13(17)12-18(22)21-14-4-6-15(7-5-14)23-16-8-10-20-11-9-16;;/h4-11,13,17H,1-3,12,19H2,(H,21,22);2*1H/t13-,17+;;/m0../s1. The maximum atomic E-state index is 12.1. The Morgan fingerprint density at radius 2 is 1.72 bits per heavy atom. The molecule has 1 aromatic carbocycles. The first-order valence-corrected chi connectivity index (χ1v) is 7.94. The lowest BCUT2D eigenvalue weighted by atomic mass is 10.00. The molecule has 136 valence electrons. The Balaban J connectivity index is 0.00000156. The highest BCUT2D eigenvalue weighted by atomic mass is 35.5. The molecule has 0 saturated heterocycles. The quantitative estimate of drug-likeness (QED) is 0.811. The van der Waals surface area contributed by atoms with Crippen molar-refractivity contribution in [3.05, 3.63) is 48.8 Å². The number of pyridine rings is 1. The molecule has 1 saturated carbocycles. The van der Waals surface area contributed by atoms with Gasteiger partial charge in [0.2, 0.25) is 5.91 Å². The normalized spacial score (nSPS) is 18.6. The number of nitrogens with one attached hydrogen (secondary N) is 1. The molecule has 2 aromatic rings. The van der Waals surface area contributed by atoms with Gasteiger partial charge in [-0.05, 0) is 55.2 Å². The van der Waals surface area contributed by atoms with Gasteiger partial charge in [-0.3, -0.25) is 9.78 Å². The first-order chi connectivity index (χ1) is 11.2. The Morgan fingerprint density at radius 3 is 2.32 bits per heavy atom. The van der Waals surface area contributed by atoms with Crippen molar-refractivity contribution in [2.45, 2.75) is 31.7 Å². The predicted molar refractivity (Wildman–Crippen MR) is 104 cm³/mol. The zero-order valence-electron chi connectivity index (χ0n) is 13.8. The van der Waals surface area contributed by atoms with Crippen LogP contribution < -0.4 is 15.8 Å². The molecule has 0 unspecified atom stereocenters. The fraction of sp³-hybridized carbons (Fsp3) is 0.333.